The SMILES string of the molecule is CC(C)C(C)(C)c1ccc(-c2nc3cc(-c4ccc5nc(C(C)(C)C6(C)c7ccc(-c8nc9cc(-c%10ccc%11nc(C(C)(C)C(C)C)[nH]c%11c%10)ccc9[nH]8)cc76)[nH]c5c4)ccc3[nH]2)cc1. The second-order valence-corrected chi connectivity index (χ2v) is 21.1. The highest BCUT2D eigenvalue weighted by atomic mass is 15.0. The Hall–Kier alpha value is -6.80. The fraction of sp³-hybridized carbons (Fsp3) is 0.298. The molecule has 0 fully saturated rings. The summed E-state index contributed by atoms with van der Waals surface area (Å²) in [5, 5.41) is 0. The van der Waals surface area contributed by atoms with Crippen molar-refractivity contribution in [3.05, 3.63) is 144 Å². The molecule has 1 atom stereocenters. The molecule has 0 spiro atoms. The summed E-state index contributed by atoms with van der Waals surface area (Å²) >= 11 is 0. The number of fused-ring (bicyclic) bond motifs is 5. The van der Waals surface area contributed by atoms with Crippen molar-refractivity contribution in [2.45, 2.75) is 97.8 Å². The lowest BCUT2D eigenvalue weighted by molar-refractivity contribution is 0.355. The van der Waals surface area contributed by atoms with Crippen molar-refractivity contribution in [2.75, 3.05) is 0 Å². The van der Waals surface area contributed by atoms with Crippen LogP contribution in [-0.2, 0) is 21.7 Å². The third-order valence-corrected chi connectivity index (χ3v) is 16.1. The maximum atomic E-state index is 5.21. The Morgan fingerprint density at radius 2 is 0.862 bits per heavy atom. The van der Waals surface area contributed by atoms with Gasteiger partial charge < -0.3 is 19.9 Å². The third kappa shape index (κ3) is 6.39. The predicted molar refractivity (Wildman–Crippen MR) is 268 cm³/mol. The summed E-state index contributed by atoms with van der Waals surface area (Å²) in [7, 11) is 0. The van der Waals surface area contributed by atoms with Crippen LogP contribution in [-0.4, -0.2) is 39.9 Å². The standard InChI is InChI=1S/C57H58N8/c1-31(2)54(5,6)39-19-12-33(13-20-39)50-58-42-22-15-34(27-46(42)60-50)37-18-25-45-49(30-37)65-53(63-45)56(9,10)57(11)40-21-14-38(26-41(40)57)51-59-43-23-16-35(28-47(43)61-51)36-17-24-44-48(29-36)64-52(62-44)55(7,8)32(3)4/h12-32H,1-11H3,(H,58,60)(H,59,61)(H,62,64)(H,63,65). The first-order chi connectivity index (χ1) is 30.9. The summed E-state index contributed by atoms with van der Waals surface area (Å²) in [6, 6.07) is 41.7. The Labute approximate surface area is 380 Å². The zero-order valence-corrected chi connectivity index (χ0v) is 39.4. The van der Waals surface area contributed by atoms with Crippen LogP contribution in [0, 0.1) is 11.8 Å². The van der Waals surface area contributed by atoms with Crippen molar-refractivity contribution in [1.82, 2.24) is 39.9 Å². The smallest absolute Gasteiger partial charge is 0.138 e. The number of imidazole rings is 4. The number of nitrogens with zero attached hydrogens (tertiary/aromatic N) is 4. The maximum Gasteiger partial charge on any atom is 0.138 e. The van der Waals surface area contributed by atoms with Crippen LogP contribution in [0.15, 0.2) is 115 Å². The predicted octanol–water partition coefficient (Wildman–Crippen LogP) is 14.3. The van der Waals surface area contributed by atoms with Gasteiger partial charge in [-0.15, -0.1) is 0 Å². The van der Waals surface area contributed by atoms with Crippen LogP contribution in [0.2, 0.25) is 0 Å². The van der Waals surface area contributed by atoms with E-state index in [1.807, 2.05) is 0 Å². The number of H-pyrrole nitrogens is 4. The van der Waals surface area contributed by atoms with Gasteiger partial charge in [-0.1, -0.05) is 137 Å². The highest BCUT2D eigenvalue weighted by Gasteiger charge is 2.58. The van der Waals surface area contributed by atoms with Gasteiger partial charge in [0.25, 0.3) is 0 Å². The van der Waals surface area contributed by atoms with E-state index in [2.05, 4.69) is 211 Å². The van der Waals surface area contributed by atoms with Gasteiger partial charge in [-0.3, -0.25) is 0 Å². The van der Waals surface area contributed by atoms with Gasteiger partial charge in [0.05, 0.1) is 44.1 Å². The molecule has 10 aromatic rings. The molecule has 1 aliphatic carbocycles. The average Bonchev–Trinajstić information content (AvgIpc) is 3.93. The van der Waals surface area contributed by atoms with E-state index in [0.29, 0.717) is 11.8 Å². The van der Waals surface area contributed by atoms with E-state index < -0.39 is 0 Å². The molecule has 4 aromatic heterocycles. The van der Waals surface area contributed by atoms with Gasteiger partial charge in [-0.2, -0.15) is 0 Å². The summed E-state index contributed by atoms with van der Waals surface area (Å²) in [6.45, 7) is 25.1. The van der Waals surface area contributed by atoms with Gasteiger partial charge >= 0.3 is 0 Å². The first-order valence-corrected chi connectivity index (χ1v) is 23.2. The number of benzene rings is 6. The van der Waals surface area contributed by atoms with E-state index in [0.717, 1.165) is 101 Å². The van der Waals surface area contributed by atoms with Gasteiger partial charge in [0.15, 0.2) is 0 Å². The summed E-state index contributed by atoms with van der Waals surface area (Å²) < 4.78 is 0. The van der Waals surface area contributed by atoms with Crippen molar-refractivity contribution in [2.24, 2.45) is 11.8 Å². The number of hydrogen-bond acceptors (Lipinski definition) is 4. The summed E-state index contributed by atoms with van der Waals surface area (Å²) in [6.07, 6.45) is 0. The minimum absolute atomic E-state index is 0.0427. The van der Waals surface area contributed by atoms with Crippen LogP contribution in [0.3, 0.4) is 0 Å². The molecule has 8 nitrogen and oxygen atoms in total. The summed E-state index contributed by atoms with van der Waals surface area (Å²) in [4.78, 5) is 34.9. The van der Waals surface area contributed by atoms with Crippen LogP contribution in [0.5, 0.6) is 0 Å². The van der Waals surface area contributed by atoms with E-state index in [4.69, 9.17) is 19.9 Å². The Morgan fingerprint density at radius 3 is 1.42 bits per heavy atom. The fourth-order valence-electron chi connectivity index (χ4n) is 9.62. The minimum Gasteiger partial charge on any atom is -0.341 e. The van der Waals surface area contributed by atoms with Gasteiger partial charge in [0.2, 0.25) is 0 Å². The molecule has 4 heterocycles. The Morgan fingerprint density at radius 1 is 0.400 bits per heavy atom. The Bertz CT molecular complexity index is 3490. The molecule has 0 aliphatic heterocycles. The largest absolute Gasteiger partial charge is 0.341 e. The molecule has 4 N–H and O–H groups in total. The zero-order valence-electron chi connectivity index (χ0n) is 39.4. The quantitative estimate of drug-likeness (QED) is 0.110. The highest BCUT2D eigenvalue weighted by Crippen LogP contribution is 2.61. The fourth-order valence-corrected chi connectivity index (χ4v) is 9.62. The monoisotopic (exact) mass is 854 g/mol. The molecule has 11 rings (SSSR count). The molecule has 0 saturated carbocycles. The van der Waals surface area contributed by atoms with Gasteiger partial charge in [0, 0.05) is 27.4 Å². The van der Waals surface area contributed by atoms with Crippen molar-refractivity contribution < 1.29 is 0 Å². The maximum absolute atomic E-state index is 5.21. The topological polar surface area (TPSA) is 115 Å². The molecule has 1 aliphatic rings. The lowest BCUT2D eigenvalue weighted by atomic mass is 9.73. The number of hydrogen-bond donors (Lipinski definition) is 4. The van der Waals surface area contributed by atoms with Crippen LogP contribution in [0.1, 0.15) is 105 Å². The molecular formula is C57H58N8. The number of rotatable bonds is 10. The van der Waals surface area contributed by atoms with E-state index in [1.54, 1.807) is 0 Å². The number of aromatic nitrogens is 8. The van der Waals surface area contributed by atoms with Crippen LogP contribution >= 0.6 is 0 Å². The lowest BCUT2D eigenvalue weighted by Crippen LogP contribution is -2.33. The third-order valence-electron chi connectivity index (χ3n) is 16.1. The van der Waals surface area contributed by atoms with Crippen LogP contribution in [0.25, 0.3) is 89.2 Å². The van der Waals surface area contributed by atoms with E-state index in [1.165, 1.54) is 16.7 Å². The normalized spacial score (nSPS) is 15.6. The molecule has 326 valence electrons. The number of aromatic amines is 4. The molecule has 8 heteroatoms. The molecule has 0 saturated heterocycles. The second kappa shape index (κ2) is 14.1. The molecule has 65 heavy (non-hydrogen) atoms. The van der Waals surface area contributed by atoms with Crippen LogP contribution < -0.4 is 0 Å². The molecule has 0 bridgehead atoms. The first kappa shape index (κ1) is 40.9. The molecular weight excluding hydrogens is 797 g/mol. The van der Waals surface area contributed by atoms with E-state index >= 15 is 0 Å². The van der Waals surface area contributed by atoms with Gasteiger partial charge in [-0.05, 0) is 111 Å². The summed E-state index contributed by atoms with van der Waals surface area (Å²) in [5.74, 6) is 4.77. The molecule has 1 unspecified atom stereocenters. The zero-order chi connectivity index (χ0) is 45.4. The highest BCUT2D eigenvalue weighted by molar-refractivity contribution is 5.90. The van der Waals surface area contributed by atoms with E-state index in [-0.39, 0.29) is 21.7 Å². The minimum atomic E-state index is -0.302. The van der Waals surface area contributed by atoms with Gasteiger partial charge in [0.1, 0.15) is 23.3 Å². The Balaban J connectivity index is 0.829. The van der Waals surface area contributed by atoms with Crippen molar-refractivity contribution >= 4 is 44.1 Å². The van der Waals surface area contributed by atoms with Crippen LogP contribution in [0.4, 0.5) is 0 Å². The average molecular weight is 855 g/mol. The van der Waals surface area contributed by atoms with E-state index in [9.17, 15) is 0 Å². The van der Waals surface area contributed by atoms with Crippen molar-refractivity contribution in [1.29, 1.82) is 0 Å². The molecule has 6 aromatic carbocycles. The van der Waals surface area contributed by atoms with Gasteiger partial charge in [-0.25, -0.2) is 19.9 Å². The second-order valence-electron chi connectivity index (χ2n) is 21.1. The molecule has 0 amide bonds. The molecule has 0 radical (unpaired) electrons. The lowest BCUT2D eigenvalue weighted by Gasteiger charge is -2.30. The summed E-state index contributed by atoms with van der Waals surface area (Å²) in [5.41, 5.74) is 18.2. The Kier molecular flexibility index (Phi) is 8.88. The first-order valence-electron chi connectivity index (χ1n) is 23.2. The number of nitrogens with one attached hydrogen (secondary N) is 4. The van der Waals surface area contributed by atoms with Crippen molar-refractivity contribution in [3.8, 4) is 45.0 Å². The van der Waals surface area contributed by atoms with Crippen molar-refractivity contribution in [3.63, 3.8) is 0 Å².